The molecule has 2 saturated heterocycles. The van der Waals surface area contributed by atoms with Gasteiger partial charge in [-0.2, -0.15) is 0 Å². The maximum atomic E-state index is 13.1. The smallest absolute Gasteiger partial charge is 0.295 e. The van der Waals surface area contributed by atoms with Gasteiger partial charge in [0.1, 0.15) is 11.5 Å². The molecule has 2 unspecified atom stereocenters. The molecular weight excluding hydrogens is 442 g/mol. The Bertz CT molecular complexity index is 1030. The van der Waals surface area contributed by atoms with Crippen LogP contribution in [0.15, 0.2) is 54.1 Å². The molecule has 33 heavy (non-hydrogen) atoms. The van der Waals surface area contributed by atoms with Gasteiger partial charge in [0.25, 0.3) is 11.7 Å². The fourth-order valence-corrected chi connectivity index (χ4v) is 4.39. The lowest BCUT2D eigenvalue weighted by Crippen LogP contribution is -2.36. The van der Waals surface area contributed by atoms with Gasteiger partial charge in [0.05, 0.1) is 24.3 Å². The summed E-state index contributed by atoms with van der Waals surface area (Å²) in [5.41, 5.74) is 1.23. The van der Waals surface area contributed by atoms with Crippen molar-refractivity contribution in [2.24, 2.45) is 0 Å². The van der Waals surface area contributed by atoms with Crippen molar-refractivity contribution < 1.29 is 24.2 Å². The van der Waals surface area contributed by atoms with E-state index in [9.17, 15) is 14.7 Å². The van der Waals surface area contributed by atoms with E-state index < -0.39 is 17.7 Å². The van der Waals surface area contributed by atoms with Gasteiger partial charge in [-0.1, -0.05) is 37.1 Å². The van der Waals surface area contributed by atoms with Crippen LogP contribution in [0, 0.1) is 0 Å². The molecule has 2 heterocycles. The van der Waals surface area contributed by atoms with Crippen molar-refractivity contribution in [3.05, 3.63) is 70.3 Å². The number of likely N-dealkylation sites (tertiary alicyclic amines) is 1. The summed E-state index contributed by atoms with van der Waals surface area (Å²) in [5.74, 6) is -0.822. The van der Waals surface area contributed by atoms with E-state index >= 15 is 0 Å². The lowest BCUT2D eigenvalue weighted by Gasteiger charge is -2.27. The van der Waals surface area contributed by atoms with Gasteiger partial charge in [-0.15, -0.1) is 0 Å². The van der Waals surface area contributed by atoms with Crippen LogP contribution in [-0.2, 0) is 14.3 Å². The Balaban J connectivity index is 1.72. The van der Waals surface area contributed by atoms with Crippen LogP contribution in [0.3, 0.4) is 0 Å². The third-order valence-corrected chi connectivity index (χ3v) is 6.30. The molecule has 0 spiro atoms. The van der Waals surface area contributed by atoms with E-state index in [1.807, 2.05) is 24.3 Å². The first kappa shape index (κ1) is 23.3. The first-order valence-corrected chi connectivity index (χ1v) is 11.8. The number of unbranched alkanes of at least 4 members (excludes halogenated alkanes) is 1. The number of hydrogen-bond acceptors (Lipinski definition) is 5. The van der Waals surface area contributed by atoms with Crippen LogP contribution in [-0.4, -0.2) is 47.6 Å². The van der Waals surface area contributed by atoms with Crippen molar-refractivity contribution in [2.45, 2.75) is 44.8 Å². The van der Waals surface area contributed by atoms with E-state index in [1.54, 1.807) is 24.3 Å². The van der Waals surface area contributed by atoms with E-state index in [0.717, 1.165) is 37.0 Å². The zero-order chi connectivity index (χ0) is 23.4. The number of nitrogens with zero attached hydrogens (tertiary/aromatic N) is 1. The highest BCUT2D eigenvalue weighted by Crippen LogP contribution is 2.40. The molecule has 6 nitrogen and oxygen atoms in total. The van der Waals surface area contributed by atoms with Gasteiger partial charge >= 0.3 is 0 Å². The predicted octanol–water partition coefficient (Wildman–Crippen LogP) is 5.12. The minimum atomic E-state index is -0.713. The van der Waals surface area contributed by atoms with Crippen molar-refractivity contribution in [3.63, 3.8) is 0 Å². The second kappa shape index (κ2) is 10.4. The van der Waals surface area contributed by atoms with Gasteiger partial charge < -0.3 is 19.5 Å². The molecule has 4 rings (SSSR count). The number of rotatable bonds is 8. The standard InChI is InChI=1S/C26H28ClNO5/c1-2-3-14-32-20-12-8-17(9-13-20)23-22(24(29)18-6-10-19(27)11-7-18)25(30)26(31)28(23)16-21-5-4-15-33-21/h6-13,21,23,29H,2-5,14-16H2,1H3/b24-22+. The van der Waals surface area contributed by atoms with E-state index in [2.05, 4.69) is 6.92 Å². The van der Waals surface area contributed by atoms with E-state index in [-0.39, 0.29) is 17.4 Å². The number of amides is 1. The summed E-state index contributed by atoms with van der Waals surface area (Å²) in [6, 6.07) is 13.2. The van der Waals surface area contributed by atoms with Crippen molar-refractivity contribution in [2.75, 3.05) is 19.8 Å². The largest absolute Gasteiger partial charge is 0.507 e. The number of aliphatic hydroxyl groups excluding tert-OH is 1. The number of ether oxygens (including phenoxy) is 2. The van der Waals surface area contributed by atoms with Crippen molar-refractivity contribution >= 4 is 29.1 Å². The minimum Gasteiger partial charge on any atom is -0.507 e. The number of aliphatic hydroxyl groups is 1. The number of ketones is 1. The molecule has 0 saturated carbocycles. The number of Topliss-reactive ketones (excluding diaryl/α,β-unsaturated/α-hetero) is 1. The molecule has 7 heteroatoms. The quantitative estimate of drug-likeness (QED) is 0.251. The molecule has 2 aliphatic rings. The Morgan fingerprint density at radius 2 is 1.88 bits per heavy atom. The van der Waals surface area contributed by atoms with Gasteiger partial charge in [0, 0.05) is 23.7 Å². The average Bonchev–Trinajstić information content (AvgIpc) is 3.42. The summed E-state index contributed by atoms with van der Waals surface area (Å²) < 4.78 is 11.5. The molecule has 2 fully saturated rings. The third-order valence-electron chi connectivity index (χ3n) is 6.04. The molecule has 1 amide bonds. The summed E-state index contributed by atoms with van der Waals surface area (Å²) in [4.78, 5) is 27.7. The number of hydrogen-bond donors (Lipinski definition) is 1. The van der Waals surface area contributed by atoms with Crippen molar-refractivity contribution in [1.82, 2.24) is 4.90 Å². The van der Waals surface area contributed by atoms with E-state index in [4.69, 9.17) is 21.1 Å². The third kappa shape index (κ3) is 5.07. The summed E-state index contributed by atoms with van der Waals surface area (Å²) in [7, 11) is 0. The lowest BCUT2D eigenvalue weighted by molar-refractivity contribution is -0.140. The average molecular weight is 470 g/mol. The first-order chi connectivity index (χ1) is 16.0. The molecule has 2 aromatic rings. The van der Waals surface area contributed by atoms with Crippen LogP contribution in [0.4, 0.5) is 0 Å². The first-order valence-electron chi connectivity index (χ1n) is 11.4. The highest BCUT2D eigenvalue weighted by atomic mass is 35.5. The maximum absolute atomic E-state index is 13.1. The molecule has 2 atom stereocenters. The number of benzene rings is 2. The number of carbonyl (C=O) groups excluding carboxylic acids is 2. The summed E-state index contributed by atoms with van der Waals surface area (Å²) >= 11 is 5.98. The van der Waals surface area contributed by atoms with Crippen molar-refractivity contribution in [3.8, 4) is 5.75 Å². The minimum absolute atomic E-state index is 0.0694. The molecular formula is C26H28ClNO5. The Labute approximate surface area is 198 Å². The molecule has 0 aliphatic carbocycles. The number of halogens is 1. The number of carbonyl (C=O) groups is 2. The van der Waals surface area contributed by atoms with Crippen LogP contribution in [0.1, 0.15) is 49.8 Å². The topological polar surface area (TPSA) is 76.1 Å². The fraction of sp³-hybridized carbons (Fsp3) is 0.385. The molecule has 0 bridgehead atoms. The van der Waals surface area contributed by atoms with Crippen LogP contribution < -0.4 is 4.74 Å². The second-order valence-corrected chi connectivity index (χ2v) is 8.80. The van der Waals surface area contributed by atoms with Gasteiger partial charge in [-0.25, -0.2) is 0 Å². The second-order valence-electron chi connectivity index (χ2n) is 8.36. The Hall–Kier alpha value is -2.83. The molecule has 174 valence electrons. The SMILES string of the molecule is CCCCOc1ccc(C2/C(=C(\O)c3ccc(Cl)cc3)C(=O)C(=O)N2CC2CCCO2)cc1. The van der Waals surface area contributed by atoms with Crippen LogP contribution in [0.25, 0.3) is 5.76 Å². The van der Waals surface area contributed by atoms with Crippen molar-refractivity contribution in [1.29, 1.82) is 0 Å². The van der Waals surface area contributed by atoms with E-state index in [1.165, 1.54) is 4.90 Å². The summed E-state index contributed by atoms with van der Waals surface area (Å²) in [6.07, 6.45) is 3.63. The lowest BCUT2D eigenvalue weighted by atomic mass is 9.95. The van der Waals surface area contributed by atoms with E-state index in [0.29, 0.717) is 30.3 Å². The fourth-order valence-electron chi connectivity index (χ4n) is 4.27. The zero-order valence-corrected chi connectivity index (χ0v) is 19.4. The highest BCUT2D eigenvalue weighted by molar-refractivity contribution is 6.46. The Morgan fingerprint density at radius 3 is 2.52 bits per heavy atom. The van der Waals surface area contributed by atoms with Crippen LogP contribution in [0.5, 0.6) is 5.75 Å². The van der Waals surface area contributed by atoms with Gasteiger partial charge in [-0.3, -0.25) is 9.59 Å². The van der Waals surface area contributed by atoms with Crippen LogP contribution in [0.2, 0.25) is 5.02 Å². The molecule has 2 aromatic carbocycles. The highest BCUT2D eigenvalue weighted by Gasteiger charge is 2.47. The molecule has 0 radical (unpaired) electrons. The van der Waals surface area contributed by atoms with Gasteiger partial charge in [-0.05, 0) is 61.2 Å². The summed E-state index contributed by atoms with van der Waals surface area (Å²) in [5, 5.41) is 11.6. The molecule has 1 N–H and O–H groups in total. The molecule has 0 aromatic heterocycles. The predicted molar refractivity (Wildman–Crippen MR) is 126 cm³/mol. The monoisotopic (exact) mass is 469 g/mol. The van der Waals surface area contributed by atoms with Gasteiger partial charge in [0.2, 0.25) is 0 Å². The normalized spacial score (nSPS) is 22.2. The maximum Gasteiger partial charge on any atom is 0.295 e. The van der Waals surface area contributed by atoms with Gasteiger partial charge in [0.15, 0.2) is 0 Å². The Morgan fingerprint density at radius 1 is 1.15 bits per heavy atom. The van der Waals surface area contributed by atoms with Crippen LogP contribution >= 0.6 is 11.6 Å². The zero-order valence-electron chi connectivity index (χ0n) is 18.6. The molecule has 2 aliphatic heterocycles. The summed E-state index contributed by atoms with van der Waals surface area (Å²) in [6.45, 7) is 3.67. The Kier molecular flexibility index (Phi) is 7.36.